The van der Waals surface area contributed by atoms with Gasteiger partial charge >= 0.3 is 0 Å². The second-order valence-corrected chi connectivity index (χ2v) is 4.33. The molecule has 16 heavy (non-hydrogen) atoms. The predicted octanol–water partition coefficient (Wildman–Crippen LogP) is 2.98. The predicted molar refractivity (Wildman–Crippen MR) is 63.0 cm³/mol. The summed E-state index contributed by atoms with van der Waals surface area (Å²) in [5.74, 6) is 0.368. The summed E-state index contributed by atoms with van der Waals surface area (Å²) in [6.45, 7) is 1.81. The molecule has 0 radical (unpaired) electrons. The van der Waals surface area contributed by atoms with Gasteiger partial charge in [-0.1, -0.05) is 18.2 Å². The number of Topliss-reactive ketones (excluding diaryl/α,β-unsaturated/α-hetero) is 1. The minimum absolute atomic E-state index is 0.150. The fourth-order valence-electron chi connectivity index (χ4n) is 2.55. The maximum atomic E-state index is 11.9. The van der Waals surface area contributed by atoms with E-state index in [9.17, 15) is 9.90 Å². The molecule has 0 aromatic heterocycles. The van der Waals surface area contributed by atoms with E-state index in [1.807, 2.05) is 19.1 Å². The molecule has 0 fully saturated rings. The number of aryl methyl sites for hydroxylation is 1. The van der Waals surface area contributed by atoms with Crippen LogP contribution in [0.2, 0.25) is 0 Å². The van der Waals surface area contributed by atoms with Crippen LogP contribution in [0, 0.1) is 6.92 Å². The molecule has 0 amide bonds. The van der Waals surface area contributed by atoms with Crippen LogP contribution < -0.4 is 0 Å². The van der Waals surface area contributed by atoms with Crippen LogP contribution in [-0.4, -0.2) is 10.9 Å². The highest BCUT2D eigenvalue weighted by Crippen LogP contribution is 2.35. The second-order valence-electron chi connectivity index (χ2n) is 4.33. The largest absolute Gasteiger partial charge is 0.508 e. The quantitative estimate of drug-likeness (QED) is 0.728. The number of carbonyl (C=O) groups excluding carboxylic acids is 1. The molecule has 80 valence electrons. The molecule has 0 unspecified atom stereocenters. The first-order valence-electron chi connectivity index (χ1n) is 5.46. The molecule has 0 saturated carbocycles. The Morgan fingerprint density at radius 2 is 2.06 bits per heavy atom. The molecule has 0 saturated heterocycles. The van der Waals surface area contributed by atoms with Gasteiger partial charge in [-0.15, -0.1) is 0 Å². The van der Waals surface area contributed by atoms with Crippen molar-refractivity contribution in [2.75, 3.05) is 0 Å². The molecule has 1 aliphatic rings. The van der Waals surface area contributed by atoms with Crippen molar-refractivity contribution < 1.29 is 9.90 Å². The first-order valence-corrected chi connectivity index (χ1v) is 5.46. The van der Waals surface area contributed by atoms with E-state index in [4.69, 9.17) is 0 Å². The van der Waals surface area contributed by atoms with E-state index in [1.165, 1.54) is 5.56 Å². The lowest BCUT2D eigenvalue weighted by Crippen LogP contribution is -2.11. The van der Waals surface area contributed by atoms with E-state index in [0.717, 1.165) is 22.8 Å². The first kappa shape index (κ1) is 9.40. The number of rotatable bonds is 0. The molecule has 2 aromatic rings. The molecule has 2 heteroatoms. The number of carbonyl (C=O) groups is 1. The van der Waals surface area contributed by atoms with Crippen molar-refractivity contribution in [1.82, 2.24) is 0 Å². The van der Waals surface area contributed by atoms with Crippen LogP contribution in [0.3, 0.4) is 0 Å². The summed E-state index contributed by atoms with van der Waals surface area (Å²) in [5, 5.41) is 11.8. The van der Waals surface area contributed by atoms with Gasteiger partial charge in [0.05, 0.1) is 0 Å². The Bertz CT molecular complexity index is 612. The molecule has 3 rings (SSSR count). The van der Waals surface area contributed by atoms with Crippen molar-refractivity contribution in [2.45, 2.75) is 19.8 Å². The van der Waals surface area contributed by atoms with E-state index in [1.54, 1.807) is 6.07 Å². The Hall–Kier alpha value is -1.83. The van der Waals surface area contributed by atoms with Crippen LogP contribution in [0.4, 0.5) is 0 Å². The molecule has 0 spiro atoms. The van der Waals surface area contributed by atoms with Crippen molar-refractivity contribution >= 4 is 16.6 Å². The lowest BCUT2D eigenvalue weighted by Gasteiger charge is -2.18. The zero-order valence-corrected chi connectivity index (χ0v) is 9.08. The third kappa shape index (κ3) is 1.10. The van der Waals surface area contributed by atoms with Crippen molar-refractivity contribution in [3.63, 3.8) is 0 Å². The van der Waals surface area contributed by atoms with E-state index in [-0.39, 0.29) is 11.5 Å². The molecule has 2 nitrogen and oxygen atoms in total. The number of phenolic OH excluding ortho intramolecular Hbond substituents is 1. The van der Waals surface area contributed by atoms with Gasteiger partial charge in [0.25, 0.3) is 0 Å². The molecule has 1 N–H and O–H groups in total. The van der Waals surface area contributed by atoms with Gasteiger partial charge in [0, 0.05) is 17.5 Å². The molecule has 0 atom stereocenters. The fourth-order valence-corrected chi connectivity index (χ4v) is 2.55. The molecule has 0 heterocycles. The lowest BCUT2D eigenvalue weighted by molar-refractivity contribution is 0.0981. The van der Waals surface area contributed by atoms with Crippen LogP contribution in [0.1, 0.15) is 27.9 Å². The van der Waals surface area contributed by atoms with Crippen molar-refractivity contribution in [3.05, 3.63) is 41.0 Å². The maximum absolute atomic E-state index is 11.9. The number of hydrogen-bond donors (Lipinski definition) is 1. The summed E-state index contributed by atoms with van der Waals surface area (Å²) in [4.78, 5) is 11.9. The Morgan fingerprint density at radius 3 is 2.88 bits per heavy atom. The molecule has 0 aliphatic heterocycles. The molecular weight excluding hydrogens is 200 g/mol. The average Bonchev–Trinajstić information content (AvgIpc) is 2.28. The smallest absolute Gasteiger partial charge is 0.164 e. The normalized spacial score (nSPS) is 14.4. The van der Waals surface area contributed by atoms with Gasteiger partial charge in [0.1, 0.15) is 5.75 Å². The van der Waals surface area contributed by atoms with Gasteiger partial charge in [-0.3, -0.25) is 4.79 Å². The Balaban J connectivity index is 2.56. The zero-order chi connectivity index (χ0) is 11.3. The van der Waals surface area contributed by atoms with Crippen LogP contribution in [0.5, 0.6) is 5.75 Å². The topological polar surface area (TPSA) is 37.3 Å². The van der Waals surface area contributed by atoms with Crippen molar-refractivity contribution in [1.29, 1.82) is 0 Å². The highest BCUT2D eigenvalue weighted by Gasteiger charge is 2.22. The lowest BCUT2D eigenvalue weighted by atomic mass is 9.85. The summed E-state index contributed by atoms with van der Waals surface area (Å²) in [7, 11) is 0. The van der Waals surface area contributed by atoms with Gasteiger partial charge < -0.3 is 5.11 Å². The summed E-state index contributed by atoms with van der Waals surface area (Å²) in [6.07, 6.45) is 1.36. The molecule has 1 aliphatic carbocycles. The van der Waals surface area contributed by atoms with E-state index in [0.29, 0.717) is 12.0 Å². The number of aromatic hydroxyl groups is 1. The van der Waals surface area contributed by atoms with Crippen LogP contribution in [0.15, 0.2) is 24.3 Å². The second kappa shape index (κ2) is 3.08. The van der Waals surface area contributed by atoms with E-state index < -0.39 is 0 Å². The maximum Gasteiger partial charge on any atom is 0.164 e. The van der Waals surface area contributed by atoms with Gasteiger partial charge in [-0.25, -0.2) is 0 Å². The zero-order valence-electron chi connectivity index (χ0n) is 9.08. The number of ketones is 1. The van der Waals surface area contributed by atoms with Gasteiger partial charge in [0.2, 0.25) is 0 Å². The fraction of sp³-hybridized carbons (Fsp3) is 0.214. The highest BCUT2D eigenvalue weighted by atomic mass is 16.3. The summed E-state index contributed by atoms with van der Waals surface area (Å²) in [5.41, 5.74) is 2.65. The van der Waals surface area contributed by atoms with E-state index in [2.05, 4.69) is 6.07 Å². The minimum Gasteiger partial charge on any atom is -0.508 e. The highest BCUT2D eigenvalue weighted by molar-refractivity contribution is 6.13. The Labute approximate surface area is 93.5 Å². The number of phenols is 1. The van der Waals surface area contributed by atoms with Crippen LogP contribution >= 0.6 is 0 Å². The third-order valence-electron chi connectivity index (χ3n) is 3.38. The number of benzene rings is 2. The number of hydrogen-bond acceptors (Lipinski definition) is 2. The minimum atomic E-state index is 0.150. The third-order valence-corrected chi connectivity index (χ3v) is 3.38. The summed E-state index contributed by atoms with van der Waals surface area (Å²) >= 11 is 0. The molecule has 2 aromatic carbocycles. The van der Waals surface area contributed by atoms with E-state index >= 15 is 0 Å². The molecular formula is C14H12O2. The molecule has 0 bridgehead atoms. The monoisotopic (exact) mass is 212 g/mol. The van der Waals surface area contributed by atoms with Crippen LogP contribution in [-0.2, 0) is 6.42 Å². The summed E-state index contributed by atoms with van der Waals surface area (Å²) < 4.78 is 0. The first-order chi connectivity index (χ1) is 7.68. The average molecular weight is 212 g/mol. The SMILES string of the molecule is Cc1c(O)cc2cccc3c2c1C(=O)CC3. The standard InChI is InChI=1S/C14H12O2/c1-8-12(16)7-10-4-2-3-9-5-6-11(15)13(8)14(9)10/h2-4,7,16H,5-6H2,1H3. The van der Waals surface area contributed by atoms with Crippen LogP contribution in [0.25, 0.3) is 10.8 Å². The summed E-state index contributed by atoms with van der Waals surface area (Å²) in [6, 6.07) is 7.73. The van der Waals surface area contributed by atoms with Crippen molar-refractivity contribution in [3.8, 4) is 5.75 Å². The Morgan fingerprint density at radius 1 is 1.25 bits per heavy atom. The van der Waals surface area contributed by atoms with Gasteiger partial charge in [-0.05, 0) is 35.7 Å². The van der Waals surface area contributed by atoms with Gasteiger partial charge in [-0.2, -0.15) is 0 Å². The Kier molecular flexibility index (Phi) is 1.81. The van der Waals surface area contributed by atoms with Gasteiger partial charge in [0.15, 0.2) is 5.78 Å². The van der Waals surface area contributed by atoms with Crippen molar-refractivity contribution in [2.24, 2.45) is 0 Å².